The molecule has 0 saturated heterocycles. The zero-order valence-electron chi connectivity index (χ0n) is 23.5. The summed E-state index contributed by atoms with van der Waals surface area (Å²) in [6.45, 7) is 19.7. The summed E-state index contributed by atoms with van der Waals surface area (Å²) in [5, 5.41) is 5.81. The molecule has 0 fully saturated rings. The Hall–Kier alpha value is -2.57. The van der Waals surface area contributed by atoms with Gasteiger partial charge in [-0.05, 0) is 78.4 Å². The zero-order valence-corrected chi connectivity index (χ0v) is 23.5. The van der Waals surface area contributed by atoms with E-state index < -0.39 is 23.8 Å². The fourth-order valence-corrected chi connectivity index (χ4v) is 3.96. The van der Waals surface area contributed by atoms with Crippen LogP contribution in [0.1, 0.15) is 97.4 Å². The van der Waals surface area contributed by atoms with E-state index in [1.807, 2.05) is 59.7 Å². The molecule has 0 aromatic heterocycles. The van der Waals surface area contributed by atoms with Crippen molar-refractivity contribution in [3.63, 3.8) is 0 Å². The van der Waals surface area contributed by atoms with Crippen molar-refractivity contribution in [3.05, 3.63) is 34.9 Å². The molecule has 0 bridgehead atoms. The fraction of sp³-hybridized carbons (Fsp3) is 0.679. The summed E-state index contributed by atoms with van der Waals surface area (Å²) in [6.07, 6.45) is 1.60. The van der Waals surface area contributed by atoms with E-state index in [9.17, 15) is 14.4 Å². The Balaban J connectivity index is 3.49. The van der Waals surface area contributed by atoms with Crippen molar-refractivity contribution in [1.29, 1.82) is 0 Å². The van der Waals surface area contributed by atoms with Crippen LogP contribution in [0.2, 0.25) is 0 Å². The second kappa shape index (κ2) is 13.5. The second-order valence-corrected chi connectivity index (χ2v) is 11.1. The molecule has 2 unspecified atom stereocenters. The first-order valence-electron chi connectivity index (χ1n) is 12.8. The number of nitrogens with zero attached hydrogens (tertiary/aromatic N) is 1. The third-order valence-corrected chi connectivity index (χ3v) is 5.59. The average Bonchev–Trinajstić information content (AvgIpc) is 2.71. The van der Waals surface area contributed by atoms with Crippen molar-refractivity contribution in [2.45, 2.75) is 112 Å². The average molecular weight is 490 g/mol. The standard InChI is InChI=1S/C28H47N3O4/c1-11-12-15-29-25(32)24(22-17-20(6)13-14-21(22)7)31(19(4)5)26(33)23(16-18(2)3)30-27(34)35-28(8,9)10/h13-14,17-19,23-24H,11-12,15-16H2,1-10H3,(H,29,32)(H,30,34). The van der Waals surface area contributed by atoms with Gasteiger partial charge in [0.25, 0.3) is 0 Å². The molecule has 0 saturated carbocycles. The summed E-state index contributed by atoms with van der Waals surface area (Å²) < 4.78 is 5.43. The molecule has 0 radical (unpaired) electrons. The minimum atomic E-state index is -0.816. The summed E-state index contributed by atoms with van der Waals surface area (Å²) in [5.41, 5.74) is 2.05. The highest BCUT2D eigenvalue weighted by Gasteiger charge is 2.38. The maximum atomic E-state index is 14.0. The van der Waals surface area contributed by atoms with E-state index in [-0.39, 0.29) is 23.8 Å². The van der Waals surface area contributed by atoms with Crippen LogP contribution in [0.25, 0.3) is 0 Å². The second-order valence-electron chi connectivity index (χ2n) is 11.1. The smallest absolute Gasteiger partial charge is 0.408 e. The van der Waals surface area contributed by atoms with Gasteiger partial charge in [-0.3, -0.25) is 9.59 Å². The summed E-state index contributed by atoms with van der Waals surface area (Å²) in [4.78, 5) is 41.8. The van der Waals surface area contributed by atoms with Gasteiger partial charge < -0.3 is 20.3 Å². The topological polar surface area (TPSA) is 87.7 Å². The quantitative estimate of drug-likeness (QED) is 0.405. The van der Waals surface area contributed by atoms with Crippen LogP contribution in [0, 0.1) is 19.8 Å². The number of alkyl carbamates (subject to hydrolysis) is 1. The first-order valence-corrected chi connectivity index (χ1v) is 12.8. The normalized spacial score (nSPS) is 13.4. The number of carbonyl (C=O) groups excluding carboxylic acids is 3. The summed E-state index contributed by atoms with van der Waals surface area (Å²) >= 11 is 0. The molecule has 0 aliphatic carbocycles. The SMILES string of the molecule is CCCCNC(=O)C(c1cc(C)ccc1C)N(C(=O)C(CC(C)C)NC(=O)OC(C)(C)C)C(C)C. The number of benzene rings is 1. The predicted molar refractivity (Wildman–Crippen MR) is 141 cm³/mol. The van der Waals surface area contributed by atoms with E-state index in [2.05, 4.69) is 17.6 Å². The van der Waals surface area contributed by atoms with Crippen LogP contribution in [0.3, 0.4) is 0 Å². The van der Waals surface area contributed by atoms with E-state index in [0.29, 0.717) is 13.0 Å². The van der Waals surface area contributed by atoms with Gasteiger partial charge in [0.15, 0.2) is 0 Å². The van der Waals surface area contributed by atoms with Crippen LogP contribution >= 0.6 is 0 Å². The third kappa shape index (κ3) is 9.90. The number of rotatable bonds is 11. The van der Waals surface area contributed by atoms with E-state index >= 15 is 0 Å². The summed E-state index contributed by atoms with van der Waals surface area (Å²) in [7, 11) is 0. The highest BCUT2D eigenvalue weighted by molar-refractivity contribution is 5.92. The molecule has 1 aromatic rings. The molecule has 3 amide bonds. The van der Waals surface area contributed by atoms with Crippen molar-refractivity contribution in [2.24, 2.45) is 5.92 Å². The van der Waals surface area contributed by atoms with Gasteiger partial charge in [-0.1, -0.05) is 51.0 Å². The predicted octanol–water partition coefficient (Wildman–Crippen LogP) is 5.44. The number of carbonyl (C=O) groups is 3. The van der Waals surface area contributed by atoms with E-state index in [4.69, 9.17) is 4.74 Å². The van der Waals surface area contributed by atoms with Gasteiger partial charge in [-0.2, -0.15) is 0 Å². The lowest BCUT2D eigenvalue weighted by atomic mass is 9.94. The van der Waals surface area contributed by atoms with E-state index in [1.165, 1.54) is 0 Å². The molecule has 35 heavy (non-hydrogen) atoms. The largest absolute Gasteiger partial charge is 0.444 e. The Morgan fingerprint density at radius 3 is 2.20 bits per heavy atom. The van der Waals surface area contributed by atoms with E-state index in [0.717, 1.165) is 29.5 Å². The van der Waals surface area contributed by atoms with Gasteiger partial charge in [-0.25, -0.2) is 4.79 Å². The van der Waals surface area contributed by atoms with Crippen LogP contribution in [0.15, 0.2) is 18.2 Å². The number of hydrogen-bond donors (Lipinski definition) is 2. The van der Waals surface area contributed by atoms with Crippen molar-refractivity contribution in [1.82, 2.24) is 15.5 Å². The molecular weight excluding hydrogens is 442 g/mol. The lowest BCUT2D eigenvalue weighted by Gasteiger charge is -2.38. The Kier molecular flexibility index (Phi) is 11.7. The molecule has 0 aliphatic heterocycles. The molecule has 2 N–H and O–H groups in total. The monoisotopic (exact) mass is 489 g/mol. The van der Waals surface area contributed by atoms with Crippen LogP contribution < -0.4 is 10.6 Å². The molecule has 2 atom stereocenters. The lowest BCUT2D eigenvalue weighted by molar-refractivity contribution is -0.145. The van der Waals surface area contributed by atoms with E-state index in [1.54, 1.807) is 25.7 Å². The Bertz CT molecular complexity index is 858. The molecule has 0 heterocycles. The van der Waals surface area contributed by atoms with Crippen LogP contribution in [0.4, 0.5) is 4.79 Å². The Labute approximate surface area is 212 Å². The molecule has 7 heteroatoms. The molecule has 7 nitrogen and oxygen atoms in total. The molecule has 0 spiro atoms. The van der Waals surface area contributed by atoms with Crippen molar-refractivity contribution >= 4 is 17.9 Å². The Morgan fingerprint density at radius 2 is 1.69 bits per heavy atom. The zero-order chi connectivity index (χ0) is 26.9. The number of aryl methyl sites for hydroxylation is 2. The minimum Gasteiger partial charge on any atom is -0.444 e. The Morgan fingerprint density at radius 1 is 1.06 bits per heavy atom. The van der Waals surface area contributed by atoms with Gasteiger partial charge in [-0.15, -0.1) is 0 Å². The lowest BCUT2D eigenvalue weighted by Crippen LogP contribution is -2.55. The highest BCUT2D eigenvalue weighted by Crippen LogP contribution is 2.29. The van der Waals surface area contributed by atoms with Crippen molar-refractivity contribution in [3.8, 4) is 0 Å². The number of ether oxygens (including phenoxy) is 1. The molecule has 0 aliphatic rings. The number of unbranched alkanes of at least 4 members (excludes halogenated alkanes) is 1. The highest BCUT2D eigenvalue weighted by atomic mass is 16.6. The number of nitrogens with one attached hydrogen (secondary N) is 2. The summed E-state index contributed by atoms with van der Waals surface area (Å²) in [6, 6.07) is 4.04. The van der Waals surface area contributed by atoms with Gasteiger partial charge in [0.2, 0.25) is 11.8 Å². The van der Waals surface area contributed by atoms with Gasteiger partial charge in [0, 0.05) is 12.6 Å². The van der Waals surface area contributed by atoms with Crippen LogP contribution in [-0.2, 0) is 14.3 Å². The maximum absolute atomic E-state index is 14.0. The summed E-state index contributed by atoms with van der Waals surface area (Å²) in [5.74, 6) is -0.365. The third-order valence-electron chi connectivity index (χ3n) is 5.59. The number of hydrogen-bond acceptors (Lipinski definition) is 4. The van der Waals surface area contributed by atoms with Gasteiger partial charge in [0.1, 0.15) is 17.7 Å². The molecule has 1 aromatic carbocycles. The molecular formula is C28H47N3O4. The maximum Gasteiger partial charge on any atom is 0.408 e. The fourth-order valence-electron chi connectivity index (χ4n) is 3.96. The molecule has 198 valence electrons. The van der Waals surface area contributed by atoms with Gasteiger partial charge in [0.05, 0.1) is 0 Å². The first kappa shape index (κ1) is 30.5. The minimum absolute atomic E-state index is 0.144. The van der Waals surface area contributed by atoms with Crippen molar-refractivity contribution in [2.75, 3.05) is 6.54 Å². The van der Waals surface area contributed by atoms with Crippen LogP contribution in [0.5, 0.6) is 0 Å². The van der Waals surface area contributed by atoms with Gasteiger partial charge >= 0.3 is 6.09 Å². The first-order chi connectivity index (χ1) is 16.2. The number of amides is 3. The van der Waals surface area contributed by atoms with Crippen LogP contribution in [-0.4, -0.2) is 47.0 Å². The van der Waals surface area contributed by atoms with Crippen molar-refractivity contribution < 1.29 is 19.1 Å². The molecule has 1 rings (SSSR count).